The lowest BCUT2D eigenvalue weighted by Gasteiger charge is -2.16. The number of ether oxygens (including phenoxy) is 1. The van der Waals surface area contributed by atoms with Gasteiger partial charge in [-0.2, -0.15) is 0 Å². The number of rotatable bonds is 0. The average molecular weight is 242 g/mol. The molecule has 4 N–H and O–H groups in total. The molecular formula is C12H16F2N2O. The molecule has 0 radical (unpaired) electrons. The van der Waals surface area contributed by atoms with Gasteiger partial charge in [-0.3, -0.25) is 0 Å². The van der Waals surface area contributed by atoms with Crippen LogP contribution in [0.2, 0.25) is 0 Å². The van der Waals surface area contributed by atoms with Crippen LogP contribution in [-0.2, 0) is 4.74 Å². The summed E-state index contributed by atoms with van der Waals surface area (Å²) >= 11 is 0. The van der Waals surface area contributed by atoms with Crippen LogP contribution < -0.4 is 11.5 Å². The number of hydrogen-bond acceptors (Lipinski definition) is 3. The lowest BCUT2D eigenvalue weighted by molar-refractivity contribution is 0.0695. The monoisotopic (exact) mass is 242 g/mol. The van der Waals surface area contributed by atoms with Gasteiger partial charge in [0.15, 0.2) is 11.6 Å². The Balaban J connectivity index is 0.000000514. The number of nitrogen functional groups attached to an aromatic ring is 2. The number of nitrogens with two attached hydrogens (primary N) is 2. The van der Waals surface area contributed by atoms with Crippen molar-refractivity contribution >= 4 is 11.4 Å². The van der Waals surface area contributed by atoms with Crippen LogP contribution in [0.25, 0.3) is 0 Å². The van der Waals surface area contributed by atoms with E-state index in [1.807, 2.05) is 13.8 Å². The third kappa shape index (κ3) is 1.49. The first kappa shape index (κ1) is 12.1. The van der Waals surface area contributed by atoms with Gasteiger partial charge in [-0.15, -0.1) is 0 Å². The van der Waals surface area contributed by atoms with Gasteiger partial charge in [0.05, 0.1) is 23.6 Å². The van der Waals surface area contributed by atoms with E-state index in [-0.39, 0.29) is 34.7 Å². The molecule has 0 saturated carbocycles. The second kappa shape index (κ2) is 4.14. The lowest BCUT2D eigenvalue weighted by atomic mass is 9.89. The van der Waals surface area contributed by atoms with E-state index in [0.717, 1.165) is 12.8 Å². The van der Waals surface area contributed by atoms with Gasteiger partial charge in [0.2, 0.25) is 0 Å². The van der Waals surface area contributed by atoms with Crippen LogP contribution >= 0.6 is 0 Å². The molecule has 2 atom stereocenters. The van der Waals surface area contributed by atoms with E-state index in [9.17, 15) is 8.78 Å². The van der Waals surface area contributed by atoms with E-state index in [4.69, 9.17) is 16.2 Å². The molecule has 0 aliphatic carbocycles. The van der Waals surface area contributed by atoms with E-state index in [0.29, 0.717) is 0 Å². The first-order valence-corrected chi connectivity index (χ1v) is 5.82. The zero-order valence-corrected chi connectivity index (χ0v) is 9.89. The normalized spacial score (nSPS) is 24.2. The highest BCUT2D eigenvalue weighted by molar-refractivity contribution is 5.69. The molecule has 1 aromatic carbocycles. The van der Waals surface area contributed by atoms with Gasteiger partial charge in [-0.05, 0) is 12.8 Å². The van der Waals surface area contributed by atoms with Crippen molar-refractivity contribution < 1.29 is 13.5 Å². The Kier molecular flexibility index (Phi) is 2.95. The predicted octanol–water partition coefficient (Wildman–Crippen LogP) is 3.06. The first-order valence-electron chi connectivity index (χ1n) is 5.82. The van der Waals surface area contributed by atoms with Crippen LogP contribution in [0.15, 0.2) is 0 Å². The smallest absolute Gasteiger partial charge is 0.154 e. The van der Waals surface area contributed by atoms with Gasteiger partial charge in [0, 0.05) is 11.1 Å². The fourth-order valence-corrected chi connectivity index (χ4v) is 2.45. The number of hydrogen-bond donors (Lipinski definition) is 2. The summed E-state index contributed by atoms with van der Waals surface area (Å²) < 4.78 is 32.9. The van der Waals surface area contributed by atoms with Crippen molar-refractivity contribution in [3.8, 4) is 0 Å². The molecule has 1 saturated heterocycles. The third-order valence-electron chi connectivity index (χ3n) is 3.19. The van der Waals surface area contributed by atoms with Crippen LogP contribution in [0, 0.1) is 11.6 Å². The van der Waals surface area contributed by atoms with Crippen molar-refractivity contribution in [1.82, 2.24) is 0 Å². The van der Waals surface area contributed by atoms with Gasteiger partial charge in [0.25, 0.3) is 0 Å². The van der Waals surface area contributed by atoms with E-state index < -0.39 is 11.6 Å². The topological polar surface area (TPSA) is 61.3 Å². The molecule has 1 fully saturated rings. The molecule has 5 heteroatoms. The molecular weight excluding hydrogens is 226 g/mol. The van der Waals surface area contributed by atoms with E-state index in [1.54, 1.807) is 0 Å². The highest BCUT2D eigenvalue weighted by Gasteiger charge is 2.43. The number of benzene rings is 1. The molecule has 3 rings (SSSR count). The molecule has 2 aliphatic heterocycles. The van der Waals surface area contributed by atoms with Gasteiger partial charge in [0.1, 0.15) is 0 Å². The van der Waals surface area contributed by atoms with Gasteiger partial charge >= 0.3 is 0 Å². The number of halogens is 2. The quantitative estimate of drug-likeness (QED) is 0.687. The first-order chi connectivity index (χ1) is 8.11. The van der Waals surface area contributed by atoms with Crippen molar-refractivity contribution in [2.45, 2.75) is 38.9 Å². The molecule has 0 aromatic heterocycles. The Bertz CT molecular complexity index is 422. The van der Waals surface area contributed by atoms with Crippen molar-refractivity contribution in [2.24, 2.45) is 0 Å². The molecule has 17 heavy (non-hydrogen) atoms. The Morgan fingerprint density at radius 1 is 0.941 bits per heavy atom. The Morgan fingerprint density at radius 2 is 1.29 bits per heavy atom. The Labute approximate surface area is 98.7 Å². The second-order valence-electron chi connectivity index (χ2n) is 3.97. The fourth-order valence-electron chi connectivity index (χ4n) is 2.45. The minimum absolute atomic E-state index is 0.274. The van der Waals surface area contributed by atoms with Crippen LogP contribution in [0.3, 0.4) is 0 Å². The average Bonchev–Trinajstić information content (AvgIpc) is 2.96. The van der Waals surface area contributed by atoms with Gasteiger partial charge in [-0.25, -0.2) is 8.78 Å². The molecule has 3 nitrogen and oxygen atoms in total. The summed E-state index contributed by atoms with van der Waals surface area (Å²) in [7, 11) is 0. The highest BCUT2D eigenvalue weighted by atomic mass is 19.1. The summed E-state index contributed by atoms with van der Waals surface area (Å²) in [6, 6.07) is 0. The van der Waals surface area contributed by atoms with Crippen LogP contribution in [0.5, 0.6) is 0 Å². The summed E-state index contributed by atoms with van der Waals surface area (Å²) in [5, 5.41) is 0. The van der Waals surface area contributed by atoms with Gasteiger partial charge in [-0.1, -0.05) is 13.8 Å². The maximum atomic E-state index is 13.7. The maximum absolute atomic E-state index is 13.7. The molecule has 1 aromatic rings. The summed E-state index contributed by atoms with van der Waals surface area (Å²) in [5.41, 5.74) is 10.7. The highest BCUT2D eigenvalue weighted by Crippen LogP contribution is 2.54. The molecule has 0 spiro atoms. The van der Waals surface area contributed by atoms with Crippen molar-refractivity contribution in [3.63, 3.8) is 0 Å². The van der Waals surface area contributed by atoms with Gasteiger partial charge < -0.3 is 16.2 Å². The molecule has 2 aliphatic rings. The Hall–Kier alpha value is -1.36. The fraction of sp³-hybridized carbons (Fsp3) is 0.500. The SMILES string of the molecule is CC.Nc1c(N)c(F)c2c(c1F)C1CCC2O1. The predicted molar refractivity (Wildman–Crippen MR) is 62.3 cm³/mol. The summed E-state index contributed by atoms with van der Waals surface area (Å²) in [4.78, 5) is 0. The summed E-state index contributed by atoms with van der Waals surface area (Å²) in [5.74, 6) is -1.23. The molecule has 2 bridgehead atoms. The number of anilines is 2. The summed E-state index contributed by atoms with van der Waals surface area (Å²) in [6.45, 7) is 4.00. The number of fused-ring (bicyclic) bond motifs is 5. The van der Waals surface area contributed by atoms with E-state index in [1.165, 1.54) is 0 Å². The lowest BCUT2D eigenvalue weighted by Crippen LogP contribution is -2.11. The minimum atomic E-state index is -0.615. The largest absolute Gasteiger partial charge is 0.395 e. The standard InChI is InChI=1S/C10H10F2N2O.C2H6/c11-7-5-3-1-2-4(15-3)6(5)8(12)10(14)9(7)13;1-2/h3-4H,1-2,13-14H2;1-2H3. The maximum Gasteiger partial charge on any atom is 0.154 e. The third-order valence-corrected chi connectivity index (χ3v) is 3.19. The second-order valence-corrected chi connectivity index (χ2v) is 3.97. The Morgan fingerprint density at radius 3 is 1.65 bits per heavy atom. The molecule has 2 heterocycles. The summed E-state index contributed by atoms with van der Waals surface area (Å²) in [6.07, 6.45) is 0.749. The molecule has 2 unspecified atom stereocenters. The van der Waals surface area contributed by atoms with E-state index >= 15 is 0 Å². The molecule has 0 amide bonds. The van der Waals surface area contributed by atoms with Crippen molar-refractivity contribution in [2.75, 3.05) is 11.5 Å². The molecule has 94 valence electrons. The van der Waals surface area contributed by atoms with E-state index in [2.05, 4.69) is 0 Å². The van der Waals surface area contributed by atoms with Crippen LogP contribution in [0.4, 0.5) is 20.2 Å². The van der Waals surface area contributed by atoms with Crippen molar-refractivity contribution in [3.05, 3.63) is 22.8 Å². The minimum Gasteiger partial charge on any atom is -0.395 e. The van der Waals surface area contributed by atoms with Crippen LogP contribution in [0.1, 0.15) is 50.0 Å². The van der Waals surface area contributed by atoms with Crippen molar-refractivity contribution in [1.29, 1.82) is 0 Å². The zero-order valence-electron chi connectivity index (χ0n) is 9.89. The van der Waals surface area contributed by atoms with Crippen LogP contribution in [-0.4, -0.2) is 0 Å². The zero-order chi connectivity index (χ0) is 12.7.